The number of nitrogens with zero attached hydrogens (tertiary/aromatic N) is 3. The molecular weight excluding hydrogens is 388 g/mol. The molecule has 4 rings (SSSR count). The number of rotatable bonds is 6. The lowest BCUT2D eigenvalue weighted by Crippen LogP contribution is -2.57. The van der Waals surface area contributed by atoms with Crippen molar-refractivity contribution in [1.82, 2.24) is 20.1 Å². The van der Waals surface area contributed by atoms with Crippen LogP contribution in [0.15, 0.2) is 48.7 Å². The Labute approximate surface area is 184 Å². The number of nitrogens with one attached hydrogen (secondary N) is 1. The van der Waals surface area contributed by atoms with E-state index < -0.39 is 0 Å². The van der Waals surface area contributed by atoms with Gasteiger partial charge in [-0.2, -0.15) is 0 Å². The molecule has 1 unspecified atom stereocenters. The summed E-state index contributed by atoms with van der Waals surface area (Å²) in [6, 6.07) is 13.4. The molecule has 2 aliphatic rings. The quantitative estimate of drug-likeness (QED) is 0.780. The van der Waals surface area contributed by atoms with Gasteiger partial charge in [0.25, 0.3) is 5.91 Å². The summed E-state index contributed by atoms with van der Waals surface area (Å²) in [6.45, 7) is 5.23. The van der Waals surface area contributed by atoms with Gasteiger partial charge in [0, 0.05) is 37.9 Å². The van der Waals surface area contributed by atoms with E-state index in [0.717, 1.165) is 42.8 Å². The molecule has 6 nitrogen and oxygen atoms in total. The average Bonchev–Trinajstić information content (AvgIpc) is 3.33. The molecule has 0 spiro atoms. The van der Waals surface area contributed by atoms with Crippen molar-refractivity contribution < 1.29 is 9.59 Å². The molecule has 0 bridgehead atoms. The third kappa shape index (κ3) is 5.31. The maximum atomic E-state index is 13.2. The van der Waals surface area contributed by atoms with Crippen molar-refractivity contribution >= 4 is 11.8 Å². The molecule has 1 aliphatic heterocycles. The summed E-state index contributed by atoms with van der Waals surface area (Å²) >= 11 is 0. The van der Waals surface area contributed by atoms with Gasteiger partial charge >= 0.3 is 0 Å². The largest absolute Gasteiger partial charge is 0.349 e. The van der Waals surface area contributed by atoms with Crippen LogP contribution in [0.5, 0.6) is 0 Å². The van der Waals surface area contributed by atoms with Crippen molar-refractivity contribution in [3.05, 3.63) is 65.5 Å². The maximum absolute atomic E-state index is 13.2. The zero-order chi connectivity index (χ0) is 21.6. The molecular formula is C25H32N4O2. The van der Waals surface area contributed by atoms with Crippen LogP contribution in [-0.2, 0) is 11.3 Å². The molecule has 31 heavy (non-hydrogen) atoms. The highest BCUT2D eigenvalue weighted by molar-refractivity contribution is 5.94. The van der Waals surface area contributed by atoms with E-state index in [0.29, 0.717) is 25.6 Å². The summed E-state index contributed by atoms with van der Waals surface area (Å²) in [5.74, 6) is 0.569. The summed E-state index contributed by atoms with van der Waals surface area (Å²) in [5, 5.41) is 3.12. The van der Waals surface area contributed by atoms with Gasteiger partial charge in [0.15, 0.2) is 0 Å². The van der Waals surface area contributed by atoms with Crippen LogP contribution in [0.4, 0.5) is 0 Å². The van der Waals surface area contributed by atoms with Crippen molar-refractivity contribution in [1.29, 1.82) is 0 Å². The fourth-order valence-electron chi connectivity index (χ4n) is 4.90. The van der Waals surface area contributed by atoms with Crippen LogP contribution in [0.3, 0.4) is 0 Å². The highest BCUT2D eigenvalue weighted by atomic mass is 16.2. The van der Waals surface area contributed by atoms with Crippen molar-refractivity contribution in [3.63, 3.8) is 0 Å². The predicted octanol–water partition coefficient (Wildman–Crippen LogP) is 3.02. The van der Waals surface area contributed by atoms with Crippen LogP contribution in [0, 0.1) is 12.8 Å². The first-order chi connectivity index (χ1) is 15.1. The van der Waals surface area contributed by atoms with Crippen LogP contribution < -0.4 is 5.32 Å². The standard InChI is InChI=1S/C25H32N4O2/c1-19-7-6-10-21(17-19)25(31)29-15-13-28(14-16-29)23(20-8-2-3-9-20)24(30)27-18-22-11-4-5-12-26-22/h4-7,10-12,17,20,23H,2-3,8-9,13-16,18H2,1H3,(H,27,30). The van der Waals surface area contributed by atoms with E-state index in [1.54, 1.807) is 6.20 Å². The monoisotopic (exact) mass is 420 g/mol. The van der Waals surface area contributed by atoms with Gasteiger partial charge in [-0.25, -0.2) is 0 Å². The lowest BCUT2D eigenvalue weighted by Gasteiger charge is -2.40. The van der Waals surface area contributed by atoms with Gasteiger partial charge in [0.1, 0.15) is 0 Å². The number of benzene rings is 1. The van der Waals surface area contributed by atoms with Crippen molar-refractivity contribution in [2.45, 2.75) is 45.2 Å². The summed E-state index contributed by atoms with van der Waals surface area (Å²) < 4.78 is 0. The molecule has 2 amide bonds. The molecule has 0 radical (unpaired) electrons. The molecule has 2 fully saturated rings. The lowest BCUT2D eigenvalue weighted by atomic mass is 9.95. The Morgan fingerprint density at radius 2 is 1.84 bits per heavy atom. The lowest BCUT2D eigenvalue weighted by molar-refractivity contribution is -0.129. The zero-order valence-electron chi connectivity index (χ0n) is 18.3. The van der Waals surface area contributed by atoms with Gasteiger partial charge in [-0.15, -0.1) is 0 Å². The normalized spacial score (nSPS) is 18.7. The van der Waals surface area contributed by atoms with Gasteiger partial charge in [-0.05, 0) is 49.9 Å². The third-order valence-electron chi connectivity index (χ3n) is 6.54. The summed E-state index contributed by atoms with van der Waals surface area (Å²) in [7, 11) is 0. The van der Waals surface area contributed by atoms with Gasteiger partial charge in [-0.1, -0.05) is 36.6 Å². The number of carbonyl (C=O) groups excluding carboxylic acids is 2. The minimum Gasteiger partial charge on any atom is -0.349 e. The minimum absolute atomic E-state index is 0.0837. The van der Waals surface area contributed by atoms with Crippen LogP contribution in [0.2, 0.25) is 0 Å². The first kappa shape index (κ1) is 21.5. The average molecular weight is 421 g/mol. The Morgan fingerprint density at radius 1 is 1.06 bits per heavy atom. The Kier molecular flexibility index (Phi) is 6.97. The summed E-state index contributed by atoms with van der Waals surface area (Å²) in [4.78, 5) is 34.6. The van der Waals surface area contributed by atoms with E-state index >= 15 is 0 Å². The van der Waals surface area contributed by atoms with Gasteiger partial charge in [-0.3, -0.25) is 19.5 Å². The van der Waals surface area contributed by atoms with E-state index in [2.05, 4.69) is 15.2 Å². The highest BCUT2D eigenvalue weighted by Gasteiger charge is 2.37. The number of hydrogen-bond donors (Lipinski definition) is 1. The topological polar surface area (TPSA) is 65.5 Å². The number of piperazine rings is 1. The molecule has 2 aromatic rings. The van der Waals surface area contributed by atoms with E-state index in [4.69, 9.17) is 0 Å². The Hall–Kier alpha value is -2.73. The number of carbonyl (C=O) groups is 2. The molecule has 1 aromatic heterocycles. The highest BCUT2D eigenvalue weighted by Crippen LogP contribution is 2.31. The number of pyridine rings is 1. The van der Waals surface area contributed by atoms with Gasteiger partial charge < -0.3 is 10.2 Å². The van der Waals surface area contributed by atoms with Gasteiger partial charge in [0.05, 0.1) is 18.3 Å². The molecule has 2 heterocycles. The van der Waals surface area contributed by atoms with Crippen LogP contribution in [0.25, 0.3) is 0 Å². The Morgan fingerprint density at radius 3 is 2.52 bits per heavy atom. The molecule has 1 aromatic carbocycles. The maximum Gasteiger partial charge on any atom is 0.253 e. The Bertz CT molecular complexity index is 887. The molecule has 6 heteroatoms. The molecule has 1 atom stereocenters. The fraction of sp³-hybridized carbons (Fsp3) is 0.480. The third-order valence-corrected chi connectivity index (χ3v) is 6.54. The van der Waals surface area contributed by atoms with Crippen molar-refractivity contribution in [2.75, 3.05) is 26.2 Å². The van der Waals surface area contributed by atoms with Crippen LogP contribution in [0.1, 0.15) is 47.3 Å². The van der Waals surface area contributed by atoms with E-state index in [9.17, 15) is 9.59 Å². The SMILES string of the molecule is Cc1cccc(C(=O)N2CCN(C(C(=O)NCc3ccccn3)C3CCCC3)CC2)c1. The van der Waals surface area contributed by atoms with E-state index in [-0.39, 0.29) is 17.9 Å². The Balaban J connectivity index is 1.39. The number of aromatic nitrogens is 1. The number of hydrogen-bond acceptors (Lipinski definition) is 4. The fourth-order valence-corrected chi connectivity index (χ4v) is 4.90. The second-order valence-corrected chi connectivity index (χ2v) is 8.73. The first-order valence-corrected chi connectivity index (χ1v) is 11.4. The van der Waals surface area contributed by atoms with E-state index in [1.165, 1.54) is 12.8 Å². The molecule has 164 valence electrons. The van der Waals surface area contributed by atoms with Gasteiger partial charge in [0.2, 0.25) is 5.91 Å². The predicted molar refractivity (Wildman–Crippen MR) is 120 cm³/mol. The first-order valence-electron chi connectivity index (χ1n) is 11.4. The van der Waals surface area contributed by atoms with Crippen LogP contribution in [-0.4, -0.2) is 58.8 Å². The zero-order valence-corrected chi connectivity index (χ0v) is 18.3. The van der Waals surface area contributed by atoms with E-state index in [1.807, 2.05) is 54.3 Å². The molecule has 1 saturated heterocycles. The second kappa shape index (κ2) is 10.1. The minimum atomic E-state index is -0.123. The molecule has 1 aliphatic carbocycles. The number of aryl methyl sites for hydroxylation is 1. The van der Waals surface area contributed by atoms with Crippen LogP contribution >= 0.6 is 0 Å². The smallest absolute Gasteiger partial charge is 0.253 e. The van der Waals surface area contributed by atoms with Crippen molar-refractivity contribution in [2.24, 2.45) is 5.92 Å². The summed E-state index contributed by atoms with van der Waals surface area (Å²) in [6.07, 6.45) is 6.34. The molecule has 1 N–H and O–H groups in total. The summed E-state index contributed by atoms with van der Waals surface area (Å²) in [5.41, 5.74) is 2.71. The second-order valence-electron chi connectivity index (χ2n) is 8.73. The van der Waals surface area contributed by atoms with Crippen molar-refractivity contribution in [3.8, 4) is 0 Å². The molecule has 1 saturated carbocycles. The number of amides is 2.